The Morgan fingerprint density at radius 1 is 1.11 bits per heavy atom. The number of halogens is 1. The summed E-state index contributed by atoms with van der Waals surface area (Å²) in [6.07, 6.45) is 0. The Kier molecular flexibility index (Phi) is 3.22. The van der Waals surface area contributed by atoms with Gasteiger partial charge in [-0.15, -0.1) is 11.3 Å². The highest BCUT2D eigenvalue weighted by Gasteiger charge is 2.04. The van der Waals surface area contributed by atoms with E-state index in [0.717, 1.165) is 26.3 Å². The van der Waals surface area contributed by atoms with Gasteiger partial charge in [-0.1, -0.05) is 24.3 Å². The molecule has 0 unspecified atom stereocenters. The highest BCUT2D eigenvalue weighted by molar-refractivity contribution is 7.19. The van der Waals surface area contributed by atoms with E-state index in [9.17, 15) is 4.39 Å². The second-order valence-electron chi connectivity index (χ2n) is 4.45. The Morgan fingerprint density at radius 2 is 1.95 bits per heavy atom. The molecule has 0 bridgehead atoms. The summed E-state index contributed by atoms with van der Waals surface area (Å²) in [5.74, 6) is 0.701. The lowest BCUT2D eigenvalue weighted by atomic mass is 10.2. The number of benzene rings is 2. The van der Waals surface area contributed by atoms with Crippen LogP contribution in [0.3, 0.4) is 0 Å². The SMILES string of the molecule is Cc1ccccc1OCc1cc2ccc(F)cc2s1. The van der Waals surface area contributed by atoms with Crippen molar-refractivity contribution in [2.24, 2.45) is 0 Å². The van der Waals surface area contributed by atoms with Crippen LogP contribution in [0.1, 0.15) is 10.4 Å². The van der Waals surface area contributed by atoms with Crippen LogP contribution >= 0.6 is 11.3 Å². The van der Waals surface area contributed by atoms with E-state index in [4.69, 9.17) is 4.74 Å². The summed E-state index contributed by atoms with van der Waals surface area (Å²) in [4.78, 5) is 1.10. The molecule has 0 fully saturated rings. The van der Waals surface area contributed by atoms with Crippen molar-refractivity contribution < 1.29 is 9.13 Å². The fourth-order valence-electron chi connectivity index (χ4n) is 2.00. The minimum absolute atomic E-state index is 0.194. The van der Waals surface area contributed by atoms with Gasteiger partial charge in [0.1, 0.15) is 18.2 Å². The predicted molar refractivity (Wildman–Crippen MR) is 77.3 cm³/mol. The number of fused-ring (bicyclic) bond motifs is 1. The first-order chi connectivity index (χ1) is 9.22. The Labute approximate surface area is 115 Å². The topological polar surface area (TPSA) is 9.23 Å². The minimum atomic E-state index is -0.194. The van der Waals surface area contributed by atoms with E-state index >= 15 is 0 Å². The van der Waals surface area contributed by atoms with E-state index in [0.29, 0.717) is 6.61 Å². The Bertz CT molecular complexity index is 718. The van der Waals surface area contributed by atoms with Crippen LogP contribution < -0.4 is 4.74 Å². The lowest BCUT2D eigenvalue weighted by Gasteiger charge is -2.06. The third-order valence-corrected chi connectivity index (χ3v) is 4.07. The zero-order valence-electron chi connectivity index (χ0n) is 10.5. The number of hydrogen-bond acceptors (Lipinski definition) is 2. The van der Waals surface area contributed by atoms with E-state index in [2.05, 4.69) is 6.07 Å². The van der Waals surface area contributed by atoms with Crippen molar-refractivity contribution in [3.05, 3.63) is 64.8 Å². The molecule has 0 aliphatic carbocycles. The van der Waals surface area contributed by atoms with Crippen molar-refractivity contribution >= 4 is 21.4 Å². The van der Waals surface area contributed by atoms with Gasteiger partial charge < -0.3 is 4.74 Å². The van der Waals surface area contributed by atoms with Gasteiger partial charge in [0.15, 0.2) is 0 Å². The first kappa shape index (κ1) is 12.2. The molecular weight excluding hydrogens is 259 g/mol. The van der Waals surface area contributed by atoms with E-state index < -0.39 is 0 Å². The van der Waals surface area contributed by atoms with Crippen LogP contribution in [0.5, 0.6) is 5.75 Å². The molecule has 1 nitrogen and oxygen atoms in total. The third kappa shape index (κ3) is 2.61. The van der Waals surface area contributed by atoms with Gasteiger partial charge in [-0.3, -0.25) is 0 Å². The maximum atomic E-state index is 13.1. The zero-order chi connectivity index (χ0) is 13.2. The molecule has 0 atom stereocenters. The van der Waals surface area contributed by atoms with Crippen LogP contribution in [0.15, 0.2) is 48.5 Å². The van der Waals surface area contributed by atoms with E-state index in [-0.39, 0.29) is 5.82 Å². The van der Waals surface area contributed by atoms with Crippen LogP contribution in [0.2, 0.25) is 0 Å². The molecule has 19 heavy (non-hydrogen) atoms. The summed E-state index contributed by atoms with van der Waals surface area (Å²) in [5, 5.41) is 1.06. The monoisotopic (exact) mass is 272 g/mol. The van der Waals surface area contributed by atoms with Crippen molar-refractivity contribution in [3.63, 3.8) is 0 Å². The van der Waals surface area contributed by atoms with Crippen LogP contribution in [-0.4, -0.2) is 0 Å². The molecular formula is C16H13FOS. The summed E-state index contributed by atoms with van der Waals surface area (Å²) in [7, 11) is 0. The molecule has 0 aliphatic heterocycles. The summed E-state index contributed by atoms with van der Waals surface area (Å²) in [5.41, 5.74) is 1.12. The summed E-state index contributed by atoms with van der Waals surface area (Å²) in [6, 6.07) is 14.8. The number of para-hydroxylation sites is 1. The van der Waals surface area contributed by atoms with Gasteiger partial charge in [-0.2, -0.15) is 0 Å². The molecule has 1 heterocycles. The molecule has 2 aromatic carbocycles. The number of ether oxygens (including phenoxy) is 1. The number of aryl methyl sites for hydroxylation is 1. The standard InChI is InChI=1S/C16H13FOS/c1-11-4-2-3-5-15(11)18-10-14-8-12-6-7-13(17)9-16(12)19-14/h2-9H,10H2,1H3. The predicted octanol–water partition coefficient (Wildman–Crippen LogP) is 4.93. The van der Waals surface area contributed by atoms with Gasteiger partial charge in [0.25, 0.3) is 0 Å². The normalized spacial score (nSPS) is 10.8. The van der Waals surface area contributed by atoms with Gasteiger partial charge in [-0.05, 0) is 42.1 Å². The molecule has 0 aliphatic rings. The number of thiophene rings is 1. The Balaban J connectivity index is 1.80. The molecule has 0 radical (unpaired) electrons. The molecule has 96 valence electrons. The molecule has 3 aromatic rings. The fraction of sp³-hybridized carbons (Fsp3) is 0.125. The summed E-state index contributed by atoms with van der Waals surface area (Å²) >= 11 is 1.57. The largest absolute Gasteiger partial charge is 0.488 e. The second-order valence-corrected chi connectivity index (χ2v) is 5.62. The average molecular weight is 272 g/mol. The molecule has 3 heteroatoms. The smallest absolute Gasteiger partial charge is 0.124 e. The fourth-order valence-corrected chi connectivity index (χ4v) is 3.00. The van der Waals surface area contributed by atoms with E-state index in [1.54, 1.807) is 23.5 Å². The van der Waals surface area contributed by atoms with Gasteiger partial charge in [0.2, 0.25) is 0 Å². The van der Waals surface area contributed by atoms with Gasteiger partial charge in [0.05, 0.1) is 0 Å². The van der Waals surface area contributed by atoms with E-state index in [1.165, 1.54) is 6.07 Å². The zero-order valence-corrected chi connectivity index (χ0v) is 11.3. The number of hydrogen-bond donors (Lipinski definition) is 0. The Morgan fingerprint density at radius 3 is 2.79 bits per heavy atom. The van der Waals surface area contributed by atoms with Crippen LogP contribution in [0.25, 0.3) is 10.1 Å². The van der Waals surface area contributed by atoms with Crippen molar-refractivity contribution in [3.8, 4) is 5.75 Å². The lowest BCUT2D eigenvalue weighted by Crippen LogP contribution is -1.94. The highest BCUT2D eigenvalue weighted by atomic mass is 32.1. The first-order valence-corrected chi connectivity index (χ1v) is 6.90. The average Bonchev–Trinajstić information content (AvgIpc) is 2.79. The lowest BCUT2D eigenvalue weighted by molar-refractivity contribution is 0.308. The van der Waals surface area contributed by atoms with Crippen LogP contribution in [-0.2, 0) is 6.61 Å². The Hall–Kier alpha value is -1.87. The quantitative estimate of drug-likeness (QED) is 0.657. The van der Waals surface area contributed by atoms with Gasteiger partial charge in [0, 0.05) is 9.58 Å². The van der Waals surface area contributed by atoms with Crippen molar-refractivity contribution in [1.82, 2.24) is 0 Å². The minimum Gasteiger partial charge on any atom is -0.488 e. The molecule has 0 amide bonds. The van der Waals surface area contributed by atoms with Crippen molar-refractivity contribution in [2.75, 3.05) is 0 Å². The molecule has 0 saturated heterocycles. The maximum Gasteiger partial charge on any atom is 0.124 e. The highest BCUT2D eigenvalue weighted by Crippen LogP contribution is 2.27. The second kappa shape index (κ2) is 5.02. The van der Waals surface area contributed by atoms with Crippen LogP contribution in [0.4, 0.5) is 4.39 Å². The van der Waals surface area contributed by atoms with Crippen molar-refractivity contribution in [1.29, 1.82) is 0 Å². The van der Waals surface area contributed by atoms with Crippen molar-refractivity contribution in [2.45, 2.75) is 13.5 Å². The first-order valence-electron chi connectivity index (χ1n) is 6.09. The third-order valence-electron chi connectivity index (χ3n) is 3.00. The number of rotatable bonds is 3. The molecule has 1 aromatic heterocycles. The van der Waals surface area contributed by atoms with E-state index in [1.807, 2.05) is 31.2 Å². The summed E-state index contributed by atoms with van der Waals surface area (Å²) in [6.45, 7) is 2.54. The molecule has 3 rings (SSSR count). The molecule has 0 saturated carbocycles. The summed E-state index contributed by atoms with van der Waals surface area (Å²) < 4.78 is 19.9. The molecule has 0 N–H and O–H groups in total. The van der Waals surface area contributed by atoms with Gasteiger partial charge >= 0.3 is 0 Å². The molecule has 0 spiro atoms. The van der Waals surface area contributed by atoms with Gasteiger partial charge in [-0.25, -0.2) is 4.39 Å². The maximum absolute atomic E-state index is 13.1. The van der Waals surface area contributed by atoms with Crippen LogP contribution in [0, 0.1) is 12.7 Å².